The summed E-state index contributed by atoms with van der Waals surface area (Å²) in [6, 6.07) is 37.6. The summed E-state index contributed by atoms with van der Waals surface area (Å²) in [6.07, 6.45) is 3.78. The summed E-state index contributed by atoms with van der Waals surface area (Å²) in [7, 11) is 0. The van der Waals surface area contributed by atoms with Gasteiger partial charge in [0, 0.05) is 11.4 Å². The fourth-order valence-corrected chi connectivity index (χ4v) is 3.99. The molecule has 0 aliphatic heterocycles. The first-order valence-corrected chi connectivity index (χ1v) is 10.9. The highest BCUT2D eigenvalue weighted by Crippen LogP contribution is 2.36. The van der Waals surface area contributed by atoms with E-state index in [1.54, 1.807) is 0 Å². The summed E-state index contributed by atoms with van der Waals surface area (Å²) in [4.78, 5) is 0. The Morgan fingerprint density at radius 1 is 0.469 bits per heavy atom. The van der Waals surface area contributed by atoms with Crippen LogP contribution in [-0.2, 0) is 0 Å². The van der Waals surface area contributed by atoms with Gasteiger partial charge in [-0.1, -0.05) is 122 Å². The Morgan fingerprint density at radius 2 is 0.812 bits per heavy atom. The molecule has 0 saturated heterocycles. The average Bonchev–Trinajstić information content (AvgIpc) is 2.87. The van der Waals surface area contributed by atoms with E-state index in [-0.39, 0.29) is 12.1 Å². The summed E-state index contributed by atoms with van der Waals surface area (Å²) in [5.41, 5.74) is 6.65. The van der Waals surface area contributed by atoms with Crippen LogP contribution in [0.25, 0.3) is 12.2 Å². The van der Waals surface area contributed by atoms with Crippen LogP contribution in [0, 0.1) is 0 Å². The number of rotatable bonds is 9. The van der Waals surface area contributed by atoms with Gasteiger partial charge in [0.25, 0.3) is 0 Å². The van der Waals surface area contributed by atoms with Crippen LogP contribution in [0.15, 0.2) is 122 Å². The van der Waals surface area contributed by atoms with Gasteiger partial charge in [0.15, 0.2) is 0 Å². The van der Waals surface area contributed by atoms with E-state index in [0.29, 0.717) is 0 Å². The SMILES string of the molecule is C=Cc1ccccc1NC(c1ccccc1)C(Nc1ccccc1C=C)c1ccccc1. The molecule has 0 amide bonds. The maximum Gasteiger partial charge on any atom is 0.0757 e. The van der Waals surface area contributed by atoms with Gasteiger partial charge in [-0.15, -0.1) is 0 Å². The van der Waals surface area contributed by atoms with Crippen molar-refractivity contribution in [2.75, 3.05) is 10.6 Å². The van der Waals surface area contributed by atoms with Crippen molar-refractivity contribution in [3.8, 4) is 0 Å². The smallest absolute Gasteiger partial charge is 0.0757 e. The molecule has 32 heavy (non-hydrogen) atoms. The zero-order valence-electron chi connectivity index (χ0n) is 18.1. The topological polar surface area (TPSA) is 24.1 Å². The Balaban J connectivity index is 1.83. The quantitative estimate of drug-likeness (QED) is 0.289. The van der Waals surface area contributed by atoms with E-state index < -0.39 is 0 Å². The number of para-hydroxylation sites is 2. The molecule has 0 saturated carbocycles. The second kappa shape index (κ2) is 10.3. The molecule has 0 aliphatic carbocycles. The van der Waals surface area contributed by atoms with Crippen molar-refractivity contribution in [3.05, 3.63) is 145 Å². The standard InChI is InChI=1S/C30H28N2/c1-3-23-15-11-13-21-27(23)31-29(25-17-7-5-8-18-25)30(26-19-9-6-10-20-26)32-28-22-14-12-16-24(28)4-2/h3-22,29-32H,1-2H2. The third kappa shape index (κ3) is 4.81. The van der Waals surface area contributed by atoms with Gasteiger partial charge in [-0.2, -0.15) is 0 Å². The maximum atomic E-state index is 4.00. The summed E-state index contributed by atoms with van der Waals surface area (Å²) in [5.74, 6) is 0. The van der Waals surface area contributed by atoms with Crippen LogP contribution in [0.3, 0.4) is 0 Å². The predicted octanol–water partition coefficient (Wildman–Crippen LogP) is 7.98. The maximum absolute atomic E-state index is 4.00. The number of hydrogen-bond acceptors (Lipinski definition) is 2. The first-order chi connectivity index (χ1) is 15.8. The molecule has 2 heteroatoms. The fraction of sp³-hybridized carbons (Fsp3) is 0.0667. The van der Waals surface area contributed by atoms with Gasteiger partial charge in [0.05, 0.1) is 12.1 Å². The predicted molar refractivity (Wildman–Crippen MR) is 139 cm³/mol. The van der Waals surface area contributed by atoms with Crippen LogP contribution < -0.4 is 10.6 Å². The number of nitrogens with one attached hydrogen (secondary N) is 2. The fourth-order valence-electron chi connectivity index (χ4n) is 3.99. The van der Waals surface area contributed by atoms with Crippen LogP contribution in [0.2, 0.25) is 0 Å². The first kappa shape index (κ1) is 21.2. The summed E-state index contributed by atoms with van der Waals surface area (Å²) in [6.45, 7) is 8.00. The second-order valence-corrected chi connectivity index (χ2v) is 7.65. The van der Waals surface area contributed by atoms with Gasteiger partial charge in [-0.3, -0.25) is 0 Å². The Kier molecular flexibility index (Phi) is 6.84. The van der Waals surface area contributed by atoms with Gasteiger partial charge < -0.3 is 10.6 Å². The molecule has 4 aromatic rings. The van der Waals surface area contributed by atoms with Crippen molar-refractivity contribution in [2.24, 2.45) is 0 Å². The van der Waals surface area contributed by atoms with Crippen molar-refractivity contribution in [2.45, 2.75) is 12.1 Å². The highest BCUT2D eigenvalue weighted by molar-refractivity contribution is 5.68. The molecule has 158 valence electrons. The van der Waals surface area contributed by atoms with Crippen molar-refractivity contribution in [1.29, 1.82) is 0 Å². The summed E-state index contributed by atoms with van der Waals surface area (Å²) >= 11 is 0. The van der Waals surface area contributed by atoms with Crippen LogP contribution in [0.1, 0.15) is 34.3 Å². The van der Waals surface area contributed by atoms with Crippen molar-refractivity contribution in [1.82, 2.24) is 0 Å². The van der Waals surface area contributed by atoms with E-state index in [1.165, 1.54) is 11.1 Å². The third-order valence-corrected chi connectivity index (χ3v) is 5.63. The minimum absolute atomic E-state index is 0.0300. The monoisotopic (exact) mass is 416 g/mol. The van der Waals surface area contributed by atoms with E-state index in [4.69, 9.17) is 0 Å². The lowest BCUT2D eigenvalue weighted by molar-refractivity contribution is 0.650. The molecule has 0 heterocycles. The van der Waals surface area contributed by atoms with Crippen LogP contribution in [0.4, 0.5) is 11.4 Å². The molecule has 0 aliphatic rings. The van der Waals surface area contributed by atoms with E-state index in [1.807, 2.05) is 24.3 Å². The Bertz CT molecular complexity index is 1070. The zero-order valence-corrected chi connectivity index (χ0v) is 18.1. The molecule has 0 bridgehead atoms. The first-order valence-electron chi connectivity index (χ1n) is 10.9. The average molecular weight is 417 g/mol. The number of hydrogen-bond donors (Lipinski definition) is 2. The van der Waals surface area contributed by atoms with Crippen LogP contribution in [0.5, 0.6) is 0 Å². The molecule has 4 rings (SSSR count). The summed E-state index contributed by atoms with van der Waals surface area (Å²) in [5, 5.41) is 7.62. The van der Waals surface area contributed by atoms with Gasteiger partial charge in [0.1, 0.15) is 0 Å². The van der Waals surface area contributed by atoms with E-state index in [2.05, 4.69) is 121 Å². The van der Waals surface area contributed by atoms with E-state index in [0.717, 1.165) is 22.5 Å². The molecular weight excluding hydrogens is 388 g/mol. The zero-order chi connectivity index (χ0) is 22.2. The molecule has 2 nitrogen and oxygen atoms in total. The van der Waals surface area contributed by atoms with Crippen LogP contribution >= 0.6 is 0 Å². The Hall–Kier alpha value is -4.04. The number of anilines is 2. The van der Waals surface area contributed by atoms with Crippen LogP contribution in [-0.4, -0.2) is 0 Å². The lowest BCUT2D eigenvalue weighted by Gasteiger charge is -2.32. The third-order valence-electron chi connectivity index (χ3n) is 5.63. The minimum Gasteiger partial charge on any atom is -0.375 e. The van der Waals surface area contributed by atoms with E-state index >= 15 is 0 Å². The van der Waals surface area contributed by atoms with Crippen molar-refractivity contribution < 1.29 is 0 Å². The Morgan fingerprint density at radius 3 is 1.19 bits per heavy atom. The van der Waals surface area contributed by atoms with Gasteiger partial charge in [-0.05, 0) is 34.4 Å². The van der Waals surface area contributed by atoms with Gasteiger partial charge in [0.2, 0.25) is 0 Å². The molecule has 0 fully saturated rings. The highest BCUT2D eigenvalue weighted by atomic mass is 15.0. The molecule has 0 radical (unpaired) electrons. The molecule has 2 atom stereocenters. The second-order valence-electron chi connectivity index (χ2n) is 7.65. The van der Waals surface area contributed by atoms with E-state index in [9.17, 15) is 0 Å². The minimum atomic E-state index is -0.0300. The molecule has 2 unspecified atom stereocenters. The normalized spacial score (nSPS) is 12.4. The Labute approximate surface area is 191 Å². The van der Waals surface area contributed by atoms with Crippen molar-refractivity contribution >= 4 is 23.5 Å². The van der Waals surface area contributed by atoms with Gasteiger partial charge >= 0.3 is 0 Å². The lowest BCUT2D eigenvalue weighted by atomic mass is 9.92. The highest BCUT2D eigenvalue weighted by Gasteiger charge is 2.26. The molecular formula is C30H28N2. The van der Waals surface area contributed by atoms with Gasteiger partial charge in [-0.25, -0.2) is 0 Å². The summed E-state index contributed by atoms with van der Waals surface area (Å²) < 4.78 is 0. The van der Waals surface area contributed by atoms with Crippen molar-refractivity contribution in [3.63, 3.8) is 0 Å². The molecule has 2 N–H and O–H groups in total. The lowest BCUT2D eigenvalue weighted by Crippen LogP contribution is -2.26. The largest absolute Gasteiger partial charge is 0.375 e. The number of benzene rings is 4. The molecule has 0 spiro atoms. The molecule has 4 aromatic carbocycles. The molecule has 0 aromatic heterocycles.